The van der Waals surface area contributed by atoms with Gasteiger partial charge in [0.15, 0.2) is 0 Å². The number of nitrogens with one attached hydrogen (secondary N) is 1. The van der Waals surface area contributed by atoms with Gasteiger partial charge in [-0.05, 0) is 23.1 Å². The molecule has 2 saturated heterocycles. The Hall–Kier alpha value is -1.89. The summed E-state index contributed by atoms with van der Waals surface area (Å²) in [5.41, 5.74) is 3.38. The summed E-state index contributed by atoms with van der Waals surface area (Å²) >= 11 is 0. The molecule has 6 heteroatoms. The van der Waals surface area contributed by atoms with E-state index in [4.69, 9.17) is 4.74 Å². The van der Waals surface area contributed by atoms with Gasteiger partial charge in [-0.3, -0.25) is 4.79 Å². The van der Waals surface area contributed by atoms with Gasteiger partial charge >= 0.3 is 5.97 Å². The van der Waals surface area contributed by atoms with Gasteiger partial charge in [-0.1, -0.05) is 24.3 Å². The molecule has 1 spiro atoms. The monoisotopic (exact) mass is 368 g/mol. The lowest BCUT2D eigenvalue weighted by atomic mass is 9.54. The Morgan fingerprint density at radius 3 is 3.11 bits per heavy atom. The molecule has 6 nitrogen and oxygen atoms in total. The minimum atomic E-state index is -0.814. The number of carboxylic acid groups (broad SMARTS) is 1. The quantitative estimate of drug-likeness (QED) is 0.475. The number of rotatable bonds is 2. The van der Waals surface area contributed by atoms with Crippen LogP contribution < -0.4 is 5.32 Å². The van der Waals surface area contributed by atoms with Crippen molar-refractivity contribution in [1.82, 2.24) is 0 Å². The molecular weight excluding hydrogens is 344 g/mol. The Balaban J connectivity index is 1.55. The molecule has 1 aromatic carbocycles. The van der Waals surface area contributed by atoms with Crippen molar-refractivity contribution in [2.45, 2.75) is 42.9 Å². The minimum Gasteiger partial charge on any atom is -0.632 e. The van der Waals surface area contributed by atoms with E-state index in [9.17, 15) is 15.1 Å². The Kier molecular flexibility index (Phi) is 3.06. The van der Waals surface area contributed by atoms with Crippen molar-refractivity contribution >= 4 is 11.7 Å². The highest BCUT2D eigenvalue weighted by molar-refractivity contribution is 5.68. The van der Waals surface area contributed by atoms with Crippen molar-refractivity contribution in [1.29, 1.82) is 0 Å². The molecule has 3 fully saturated rings. The van der Waals surface area contributed by atoms with E-state index in [-0.39, 0.29) is 46.5 Å². The summed E-state index contributed by atoms with van der Waals surface area (Å²) in [5, 5.41) is 27.1. The van der Waals surface area contributed by atoms with Gasteiger partial charge in [0, 0.05) is 30.5 Å². The molecule has 4 heterocycles. The number of ether oxygens (including phenoxy) is 1. The van der Waals surface area contributed by atoms with Crippen molar-refractivity contribution in [3.63, 3.8) is 0 Å². The van der Waals surface area contributed by atoms with E-state index >= 15 is 0 Å². The Morgan fingerprint density at radius 2 is 2.26 bits per heavy atom. The Morgan fingerprint density at radius 1 is 1.41 bits per heavy atom. The van der Waals surface area contributed by atoms with E-state index in [2.05, 4.69) is 29.6 Å². The van der Waals surface area contributed by atoms with Gasteiger partial charge in [-0.2, -0.15) is 0 Å². The van der Waals surface area contributed by atoms with Gasteiger partial charge in [0.05, 0.1) is 31.1 Å². The van der Waals surface area contributed by atoms with E-state index in [0.29, 0.717) is 19.7 Å². The number of anilines is 1. The number of para-hydroxylation sites is 1. The van der Waals surface area contributed by atoms with Crippen molar-refractivity contribution < 1.29 is 19.3 Å². The van der Waals surface area contributed by atoms with E-state index < -0.39 is 5.97 Å². The van der Waals surface area contributed by atoms with Crippen LogP contribution in [0.1, 0.15) is 24.8 Å². The summed E-state index contributed by atoms with van der Waals surface area (Å²) in [6.45, 7) is 1.61. The number of carboxylic acids is 1. The fourth-order valence-corrected chi connectivity index (χ4v) is 7.20. The third-order valence-electron chi connectivity index (χ3n) is 8.08. The lowest BCUT2D eigenvalue weighted by Gasteiger charge is -2.60. The number of benzene rings is 1. The molecule has 1 aromatic rings. The Labute approximate surface area is 158 Å². The molecule has 1 saturated carbocycles. The first kappa shape index (κ1) is 16.1. The molecule has 1 unspecified atom stereocenters. The van der Waals surface area contributed by atoms with Crippen molar-refractivity contribution in [2.75, 3.05) is 25.0 Å². The largest absolute Gasteiger partial charge is 0.632 e. The van der Waals surface area contributed by atoms with Crippen LogP contribution in [0.4, 0.5) is 5.69 Å². The van der Waals surface area contributed by atoms with Crippen molar-refractivity contribution in [3.05, 3.63) is 46.7 Å². The van der Waals surface area contributed by atoms with E-state index in [1.807, 2.05) is 6.07 Å². The summed E-state index contributed by atoms with van der Waals surface area (Å²) in [6, 6.07) is 8.50. The lowest BCUT2D eigenvalue weighted by Crippen LogP contribution is -2.68. The van der Waals surface area contributed by atoms with E-state index in [1.165, 1.54) is 11.1 Å². The normalized spacial score (nSPS) is 46.0. The number of hydroxylamine groups is 3. The standard InChI is InChI=1S/C21H24N2O4/c24-18(25)10-16-19-13-9-17-21(14-3-1-2-4-15(14)22-20(19)21)6-7-23(17,26)11-12(13)5-8-27-16/h1-5,13,16-17,19-20,22H,6-11H2,(H,24,25)/t13-,16-,17-,19+,20-,21-,23?/m0/s1. The molecule has 6 rings (SSSR count). The fourth-order valence-electron chi connectivity index (χ4n) is 7.20. The van der Waals surface area contributed by atoms with Crippen LogP contribution >= 0.6 is 0 Å². The maximum absolute atomic E-state index is 13.8. The molecule has 4 aliphatic heterocycles. The van der Waals surface area contributed by atoms with Crippen LogP contribution in [0.2, 0.25) is 0 Å². The highest BCUT2D eigenvalue weighted by atomic mass is 16.6. The van der Waals surface area contributed by atoms with Crippen LogP contribution in [0.15, 0.2) is 35.9 Å². The smallest absolute Gasteiger partial charge is 0.305 e. The number of aliphatic carboxylic acids is 1. The number of hydrogen-bond acceptors (Lipinski definition) is 4. The predicted molar refractivity (Wildman–Crippen MR) is 99.0 cm³/mol. The highest BCUT2D eigenvalue weighted by Crippen LogP contribution is 2.64. The summed E-state index contributed by atoms with van der Waals surface area (Å²) in [7, 11) is 0. The molecule has 0 aromatic heterocycles. The molecule has 2 N–H and O–H groups in total. The minimum absolute atomic E-state index is 0.0228. The first-order chi connectivity index (χ1) is 13.0. The molecule has 5 aliphatic rings. The van der Waals surface area contributed by atoms with Gasteiger partial charge in [-0.15, -0.1) is 0 Å². The van der Waals surface area contributed by atoms with E-state index in [0.717, 1.165) is 18.5 Å². The van der Waals surface area contributed by atoms with Crippen LogP contribution in [0.25, 0.3) is 0 Å². The summed E-state index contributed by atoms with van der Waals surface area (Å²) in [6.07, 6.45) is 3.49. The maximum Gasteiger partial charge on any atom is 0.305 e. The average Bonchev–Trinajstić information content (AvgIpc) is 3.08. The predicted octanol–water partition coefficient (Wildman–Crippen LogP) is 2.25. The molecule has 142 valence electrons. The molecule has 2 bridgehead atoms. The lowest BCUT2D eigenvalue weighted by molar-refractivity contribution is -0.896. The second-order valence-electron chi connectivity index (χ2n) is 8.98. The van der Waals surface area contributed by atoms with Crippen molar-refractivity contribution in [3.8, 4) is 0 Å². The first-order valence-corrected chi connectivity index (χ1v) is 9.99. The van der Waals surface area contributed by atoms with Crippen LogP contribution in [0.3, 0.4) is 0 Å². The number of fused-ring (bicyclic) bond motifs is 2. The second-order valence-corrected chi connectivity index (χ2v) is 8.98. The summed E-state index contributed by atoms with van der Waals surface area (Å²) in [4.78, 5) is 11.6. The van der Waals surface area contributed by atoms with Gasteiger partial charge in [0.2, 0.25) is 0 Å². The number of nitrogens with zero attached hydrogens (tertiary/aromatic N) is 1. The van der Waals surface area contributed by atoms with Gasteiger partial charge in [-0.25, -0.2) is 0 Å². The van der Waals surface area contributed by atoms with Crippen molar-refractivity contribution in [2.24, 2.45) is 11.8 Å². The van der Waals surface area contributed by atoms with Gasteiger partial charge in [0.25, 0.3) is 0 Å². The highest BCUT2D eigenvalue weighted by Gasteiger charge is 2.71. The number of carbonyl (C=O) groups is 1. The average molecular weight is 368 g/mol. The summed E-state index contributed by atoms with van der Waals surface area (Å²) < 4.78 is 5.95. The number of quaternary nitrogens is 1. The molecule has 27 heavy (non-hydrogen) atoms. The summed E-state index contributed by atoms with van der Waals surface area (Å²) in [5.74, 6) is -0.475. The molecular formula is C21H24N2O4. The molecule has 0 amide bonds. The van der Waals surface area contributed by atoms with Crippen LogP contribution in [0, 0.1) is 17.0 Å². The van der Waals surface area contributed by atoms with Gasteiger partial charge < -0.3 is 25.0 Å². The first-order valence-electron chi connectivity index (χ1n) is 9.99. The Bertz CT molecular complexity index is 869. The van der Waals surface area contributed by atoms with Gasteiger partial charge in [0.1, 0.15) is 12.6 Å². The van der Waals surface area contributed by atoms with E-state index in [1.54, 1.807) is 0 Å². The zero-order chi connectivity index (χ0) is 18.4. The van der Waals surface area contributed by atoms with Crippen LogP contribution in [0.5, 0.6) is 0 Å². The third kappa shape index (κ3) is 1.88. The van der Waals surface area contributed by atoms with Crippen LogP contribution in [-0.2, 0) is 14.9 Å². The second kappa shape index (κ2) is 5.13. The molecule has 0 radical (unpaired) electrons. The topological polar surface area (TPSA) is 81.6 Å². The third-order valence-corrected chi connectivity index (χ3v) is 8.08. The zero-order valence-electron chi connectivity index (χ0n) is 15.1. The molecule has 7 atom stereocenters. The maximum atomic E-state index is 13.8. The zero-order valence-corrected chi connectivity index (χ0v) is 15.1. The number of piperidine rings is 1. The molecule has 1 aliphatic carbocycles. The fraction of sp³-hybridized carbons (Fsp3) is 0.571. The number of hydrogen-bond donors (Lipinski definition) is 2. The van der Waals surface area contributed by atoms with Crippen LogP contribution in [-0.4, -0.2) is 53.6 Å². The SMILES string of the molecule is O=C(O)C[C@@H]1OCC=C2C[N+]3([O-])CC[C@@]45c6ccccc6N[C@H]4[C@@H]1[C@H]2C[C@@H]53.